The van der Waals surface area contributed by atoms with Crippen molar-refractivity contribution >= 4 is 21.6 Å². The van der Waals surface area contributed by atoms with E-state index in [1.807, 2.05) is 16.8 Å². The highest BCUT2D eigenvalue weighted by Gasteiger charge is 2.33. The molecule has 78 valence electrons. The average Bonchev–Trinajstić information content (AvgIpc) is 2.65. The normalized spacial score (nSPS) is 18.3. The highest BCUT2D eigenvalue weighted by molar-refractivity contribution is 9.10. The third kappa shape index (κ3) is 1.24. The van der Waals surface area contributed by atoms with Gasteiger partial charge in [0.05, 0.1) is 5.69 Å². The second kappa shape index (κ2) is 2.82. The van der Waals surface area contributed by atoms with Crippen LogP contribution in [0, 0.1) is 0 Å². The number of aryl methyl sites for hydroxylation is 1. The molecule has 2 aromatic heterocycles. The van der Waals surface area contributed by atoms with Crippen molar-refractivity contribution in [3.63, 3.8) is 0 Å². The van der Waals surface area contributed by atoms with Gasteiger partial charge in [0.15, 0.2) is 5.65 Å². The zero-order valence-corrected chi connectivity index (χ0v) is 10.4. The topological polar surface area (TPSA) is 30.2 Å². The molecule has 0 saturated heterocycles. The lowest BCUT2D eigenvalue weighted by atomic mass is 9.91. The Kier molecular flexibility index (Phi) is 1.75. The minimum atomic E-state index is 0.210. The van der Waals surface area contributed by atoms with E-state index in [-0.39, 0.29) is 5.41 Å². The number of fused-ring (bicyclic) bond motifs is 3. The van der Waals surface area contributed by atoms with E-state index >= 15 is 0 Å². The van der Waals surface area contributed by atoms with Crippen LogP contribution in [0.5, 0.6) is 0 Å². The standard InChI is InChI=1S/C11H12BrN3/c1-11(2)4-3-7-6-13-9-5-8(12)14-15(9)10(7)11/h5-6H,3-4H2,1-2H3. The Morgan fingerprint density at radius 1 is 1.47 bits per heavy atom. The van der Waals surface area contributed by atoms with Crippen LogP contribution in [0.3, 0.4) is 0 Å². The van der Waals surface area contributed by atoms with Crippen LogP contribution in [-0.4, -0.2) is 14.6 Å². The average molecular weight is 266 g/mol. The number of nitrogens with zero attached hydrogens (tertiary/aromatic N) is 3. The Bertz CT molecular complexity index is 542. The number of hydrogen-bond donors (Lipinski definition) is 0. The van der Waals surface area contributed by atoms with E-state index in [1.54, 1.807) is 0 Å². The van der Waals surface area contributed by atoms with Crippen molar-refractivity contribution < 1.29 is 0 Å². The number of hydrogen-bond acceptors (Lipinski definition) is 2. The number of rotatable bonds is 0. The Balaban J connectivity index is 2.42. The van der Waals surface area contributed by atoms with Crippen LogP contribution in [-0.2, 0) is 11.8 Å². The summed E-state index contributed by atoms with van der Waals surface area (Å²) in [5.41, 5.74) is 3.79. The Morgan fingerprint density at radius 3 is 3.07 bits per heavy atom. The largest absolute Gasteiger partial charge is 0.237 e. The maximum atomic E-state index is 4.45. The van der Waals surface area contributed by atoms with Gasteiger partial charge in [-0.3, -0.25) is 0 Å². The highest BCUT2D eigenvalue weighted by atomic mass is 79.9. The lowest BCUT2D eigenvalue weighted by molar-refractivity contribution is 0.496. The Morgan fingerprint density at radius 2 is 2.27 bits per heavy atom. The van der Waals surface area contributed by atoms with Crippen molar-refractivity contribution in [2.45, 2.75) is 32.1 Å². The van der Waals surface area contributed by atoms with Gasteiger partial charge in [0.25, 0.3) is 0 Å². The first-order valence-corrected chi connectivity index (χ1v) is 5.91. The molecule has 1 aliphatic carbocycles. The van der Waals surface area contributed by atoms with Crippen molar-refractivity contribution in [2.75, 3.05) is 0 Å². The number of aromatic nitrogens is 3. The molecule has 15 heavy (non-hydrogen) atoms. The Hall–Kier alpha value is -0.900. The number of halogens is 1. The van der Waals surface area contributed by atoms with Gasteiger partial charge < -0.3 is 0 Å². The van der Waals surface area contributed by atoms with Crippen molar-refractivity contribution in [1.82, 2.24) is 14.6 Å². The maximum absolute atomic E-state index is 4.45. The van der Waals surface area contributed by atoms with Crippen LogP contribution in [0.4, 0.5) is 0 Å². The minimum Gasteiger partial charge on any atom is -0.237 e. The fraction of sp³-hybridized carbons (Fsp3) is 0.455. The van der Waals surface area contributed by atoms with E-state index in [4.69, 9.17) is 0 Å². The molecule has 0 N–H and O–H groups in total. The predicted molar refractivity (Wildman–Crippen MR) is 62.0 cm³/mol. The predicted octanol–water partition coefficient (Wildman–Crippen LogP) is 2.72. The summed E-state index contributed by atoms with van der Waals surface area (Å²) >= 11 is 3.40. The lowest BCUT2D eigenvalue weighted by Gasteiger charge is -2.19. The van der Waals surface area contributed by atoms with Crippen molar-refractivity contribution in [3.05, 3.63) is 28.1 Å². The first-order chi connectivity index (χ1) is 7.08. The summed E-state index contributed by atoms with van der Waals surface area (Å²) in [6, 6.07) is 1.95. The van der Waals surface area contributed by atoms with Crippen molar-refractivity contribution in [3.8, 4) is 0 Å². The summed E-state index contributed by atoms with van der Waals surface area (Å²) in [4.78, 5) is 4.41. The molecule has 3 rings (SSSR count). The molecule has 0 fully saturated rings. The fourth-order valence-corrected chi connectivity index (χ4v) is 2.77. The van der Waals surface area contributed by atoms with E-state index in [9.17, 15) is 0 Å². The van der Waals surface area contributed by atoms with Gasteiger partial charge in [0, 0.05) is 17.7 Å². The molecule has 0 amide bonds. The van der Waals surface area contributed by atoms with Gasteiger partial charge in [-0.25, -0.2) is 9.50 Å². The molecule has 3 nitrogen and oxygen atoms in total. The molecule has 0 atom stereocenters. The summed E-state index contributed by atoms with van der Waals surface area (Å²) in [6.07, 6.45) is 4.29. The molecule has 0 aliphatic heterocycles. The van der Waals surface area contributed by atoms with Crippen LogP contribution in [0.2, 0.25) is 0 Å². The molecule has 0 radical (unpaired) electrons. The van der Waals surface area contributed by atoms with Crippen LogP contribution < -0.4 is 0 Å². The molecule has 0 aromatic carbocycles. The molecule has 0 bridgehead atoms. The second-order valence-corrected chi connectivity index (χ2v) is 5.57. The molecule has 4 heteroatoms. The molecular formula is C11H12BrN3. The molecule has 2 heterocycles. The molecular weight excluding hydrogens is 254 g/mol. The van der Waals surface area contributed by atoms with Crippen LogP contribution in [0.15, 0.2) is 16.9 Å². The van der Waals surface area contributed by atoms with E-state index < -0.39 is 0 Å². The van der Waals surface area contributed by atoms with Gasteiger partial charge in [-0.2, -0.15) is 5.10 Å². The zero-order valence-electron chi connectivity index (χ0n) is 8.79. The summed E-state index contributed by atoms with van der Waals surface area (Å²) in [5, 5.41) is 4.45. The summed E-state index contributed by atoms with van der Waals surface area (Å²) in [5.74, 6) is 0. The van der Waals surface area contributed by atoms with Crippen LogP contribution in [0.1, 0.15) is 31.5 Å². The quantitative estimate of drug-likeness (QED) is 0.733. The Labute approximate surface area is 96.6 Å². The third-order valence-electron chi connectivity index (χ3n) is 3.19. The van der Waals surface area contributed by atoms with E-state index in [0.29, 0.717) is 0 Å². The smallest absolute Gasteiger partial charge is 0.156 e. The lowest BCUT2D eigenvalue weighted by Crippen LogP contribution is -2.17. The van der Waals surface area contributed by atoms with Gasteiger partial charge in [-0.1, -0.05) is 13.8 Å². The van der Waals surface area contributed by atoms with Gasteiger partial charge in [0.2, 0.25) is 0 Å². The van der Waals surface area contributed by atoms with Gasteiger partial charge in [-0.05, 0) is 34.3 Å². The minimum absolute atomic E-state index is 0.210. The first-order valence-electron chi connectivity index (χ1n) is 5.11. The third-order valence-corrected chi connectivity index (χ3v) is 3.58. The maximum Gasteiger partial charge on any atom is 0.156 e. The van der Waals surface area contributed by atoms with Crippen molar-refractivity contribution in [2.24, 2.45) is 0 Å². The molecule has 1 aliphatic rings. The van der Waals surface area contributed by atoms with Crippen LogP contribution >= 0.6 is 15.9 Å². The first kappa shape index (κ1) is 9.33. The van der Waals surface area contributed by atoms with Crippen LogP contribution in [0.25, 0.3) is 5.65 Å². The van der Waals surface area contributed by atoms with E-state index in [1.165, 1.54) is 17.7 Å². The zero-order chi connectivity index (χ0) is 10.6. The van der Waals surface area contributed by atoms with E-state index in [0.717, 1.165) is 16.7 Å². The van der Waals surface area contributed by atoms with Gasteiger partial charge in [-0.15, -0.1) is 0 Å². The summed E-state index contributed by atoms with van der Waals surface area (Å²) < 4.78 is 2.83. The second-order valence-electron chi connectivity index (χ2n) is 4.75. The summed E-state index contributed by atoms with van der Waals surface area (Å²) in [6.45, 7) is 4.54. The van der Waals surface area contributed by atoms with E-state index in [2.05, 4.69) is 39.9 Å². The molecule has 2 aromatic rings. The van der Waals surface area contributed by atoms with Gasteiger partial charge >= 0.3 is 0 Å². The van der Waals surface area contributed by atoms with Crippen molar-refractivity contribution in [1.29, 1.82) is 0 Å². The SMILES string of the molecule is CC1(C)CCc2cnc3cc(Br)nn3c21. The van der Waals surface area contributed by atoms with Gasteiger partial charge in [0.1, 0.15) is 4.60 Å². The molecule has 0 unspecified atom stereocenters. The molecule has 0 saturated carbocycles. The summed E-state index contributed by atoms with van der Waals surface area (Å²) in [7, 11) is 0. The monoisotopic (exact) mass is 265 g/mol. The molecule has 0 spiro atoms. The fourth-order valence-electron chi connectivity index (χ4n) is 2.41. The highest BCUT2D eigenvalue weighted by Crippen LogP contribution is 2.37.